The lowest BCUT2D eigenvalue weighted by atomic mass is 10.0. The number of aliphatic hydroxyl groups excluding tert-OH is 1. The number of amides is 1. The molecule has 17 heavy (non-hydrogen) atoms. The molecule has 1 rings (SSSR count). The molecular weight excluding hydrogens is 289 g/mol. The third-order valence-corrected chi connectivity index (χ3v) is 2.98. The van der Waals surface area contributed by atoms with Crippen LogP contribution in [0, 0.1) is 11.7 Å². The molecular formula is C12H15BrFNO2. The van der Waals surface area contributed by atoms with E-state index in [9.17, 15) is 9.18 Å². The van der Waals surface area contributed by atoms with Crippen LogP contribution in [0.4, 0.5) is 4.39 Å². The van der Waals surface area contributed by atoms with Gasteiger partial charge in [0, 0.05) is 4.47 Å². The van der Waals surface area contributed by atoms with Crippen molar-refractivity contribution in [1.82, 2.24) is 5.32 Å². The zero-order chi connectivity index (χ0) is 13.0. The SMILES string of the molecule is CC(C)C(CO)NC(=O)c1cc(Br)ccc1F. The molecule has 0 spiro atoms. The third kappa shape index (κ3) is 3.78. The minimum absolute atomic E-state index is 0.0292. The van der Waals surface area contributed by atoms with Crippen molar-refractivity contribution < 1.29 is 14.3 Å². The number of rotatable bonds is 4. The summed E-state index contributed by atoms with van der Waals surface area (Å²) >= 11 is 3.18. The summed E-state index contributed by atoms with van der Waals surface area (Å²) < 4.78 is 14.1. The van der Waals surface area contributed by atoms with Gasteiger partial charge in [-0.25, -0.2) is 4.39 Å². The maximum absolute atomic E-state index is 13.4. The fourth-order valence-corrected chi connectivity index (χ4v) is 1.70. The summed E-state index contributed by atoms with van der Waals surface area (Å²) in [5, 5.41) is 11.7. The van der Waals surface area contributed by atoms with Crippen LogP contribution in [0.1, 0.15) is 24.2 Å². The van der Waals surface area contributed by atoms with Crippen LogP contribution in [0.25, 0.3) is 0 Å². The fraction of sp³-hybridized carbons (Fsp3) is 0.417. The Morgan fingerprint density at radius 2 is 2.18 bits per heavy atom. The first-order valence-electron chi connectivity index (χ1n) is 5.32. The highest BCUT2D eigenvalue weighted by Crippen LogP contribution is 2.16. The van der Waals surface area contributed by atoms with Crippen molar-refractivity contribution >= 4 is 21.8 Å². The first kappa shape index (κ1) is 14.1. The number of nitrogens with one attached hydrogen (secondary N) is 1. The second kappa shape index (κ2) is 6.12. The van der Waals surface area contributed by atoms with Gasteiger partial charge in [-0.15, -0.1) is 0 Å². The maximum Gasteiger partial charge on any atom is 0.254 e. The Morgan fingerprint density at radius 3 is 2.71 bits per heavy atom. The van der Waals surface area contributed by atoms with Crippen molar-refractivity contribution in [2.45, 2.75) is 19.9 Å². The number of hydrogen-bond donors (Lipinski definition) is 2. The summed E-state index contributed by atoms with van der Waals surface area (Å²) in [7, 11) is 0. The molecule has 0 heterocycles. The lowest BCUT2D eigenvalue weighted by molar-refractivity contribution is 0.0892. The van der Waals surface area contributed by atoms with Crippen molar-refractivity contribution in [1.29, 1.82) is 0 Å². The van der Waals surface area contributed by atoms with E-state index in [0.717, 1.165) is 0 Å². The Bertz CT molecular complexity index is 409. The molecule has 0 bridgehead atoms. The van der Waals surface area contributed by atoms with E-state index in [1.165, 1.54) is 18.2 Å². The molecule has 0 radical (unpaired) electrons. The smallest absolute Gasteiger partial charge is 0.254 e. The lowest BCUT2D eigenvalue weighted by Gasteiger charge is -2.20. The summed E-state index contributed by atoms with van der Waals surface area (Å²) in [5.74, 6) is -1.01. The predicted molar refractivity (Wildman–Crippen MR) is 67.3 cm³/mol. The highest BCUT2D eigenvalue weighted by Gasteiger charge is 2.18. The minimum atomic E-state index is -0.578. The van der Waals surface area contributed by atoms with Crippen molar-refractivity contribution in [3.8, 4) is 0 Å². The normalized spacial score (nSPS) is 12.6. The van der Waals surface area contributed by atoms with Gasteiger partial charge < -0.3 is 10.4 Å². The number of carbonyl (C=O) groups excluding carboxylic acids is 1. The largest absolute Gasteiger partial charge is 0.394 e. The van der Waals surface area contributed by atoms with E-state index in [1.807, 2.05) is 13.8 Å². The second-order valence-electron chi connectivity index (χ2n) is 4.13. The van der Waals surface area contributed by atoms with E-state index in [4.69, 9.17) is 5.11 Å². The van der Waals surface area contributed by atoms with Gasteiger partial charge in [0.15, 0.2) is 0 Å². The van der Waals surface area contributed by atoms with E-state index < -0.39 is 11.7 Å². The average molecular weight is 304 g/mol. The summed E-state index contributed by atoms with van der Waals surface area (Å²) in [6.45, 7) is 3.58. The first-order chi connectivity index (χ1) is 7.95. The molecule has 1 aromatic carbocycles. The van der Waals surface area contributed by atoms with E-state index in [-0.39, 0.29) is 24.1 Å². The Balaban J connectivity index is 2.86. The first-order valence-corrected chi connectivity index (χ1v) is 6.11. The van der Waals surface area contributed by atoms with Gasteiger partial charge in [-0.1, -0.05) is 29.8 Å². The monoisotopic (exact) mass is 303 g/mol. The molecule has 2 N–H and O–H groups in total. The summed E-state index contributed by atoms with van der Waals surface area (Å²) in [5.41, 5.74) is -0.0292. The van der Waals surface area contributed by atoms with Gasteiger partial charge in [0.25, 0.3) is 5.91 Å². The summed E-state index contributed by atoms with van der Waals surface area (Å²) in [6.07, 6.45) is 0. The standard InChI is InChI=1S/C12H15BrFNO2/c1-7(2)11(6-16)15-12(17)9-5-8(13)3-4-10(9)14/h3-5,7,11,16H,6H2,1-2H3,(H,15,17). The number of aliphatic hydroxyl groups is 1. The van der Waals surface area contributed by atoms with E-state index in [1.54, 1.807) is 0 Å². The van der Waals surface area contributed by atoms with Gasteiger partial charge >= 0.3 is 0 Å². The van der Waals surface area contributed by atoms with Crippen LogP contribution in [-0.4, -0.2) is 23.7 Å². The molecule has 1 atom stereocenters. The highest BCUT2D eigenvalue weighted by atomic mass is 79.9. The number of carbonyl (C=O) groups is 1. The zero-order valence-electron chi connectivity index (χ0n) is 9.71. The Kier molecular flexibility index (Phi) is 5.08. The van der Waals surface area contributed by atoms with Crippen LogP contribution in [0.15, 0.2) is 22.7 Å². The molecule has 0 saturated heterocycles. The zero-order valence-corrected chi connectivity index (χ0v) is 11.3. The van der Waals surface area contributed by atoms with Gasteiger partial charge in [0.05, 0.1) is 18.2 Å². The second-order valence-corrected chi connectivity index (χ2v) is 5.05. The molecule has 1 amide bonds. The van der Waals surface area contributed by atoms with Crippen molar-refractivity contribution in [2.75, 3.05) is 6.61 Å². The lowest BCUT2D eigenvalue weighted by Crippen LogP contribution is -2.41. The fourth-order valence-electron chi connectivity index (χ4n) is 1.34. The summed E-state index contributed by atoms with van der Waals surface area (Å²) in [4.78, 5) is 11.8. The molecule has 94 valence electrons. The molecule has 0 saturated carbocycles. The van der Waals surface area contributed by atoms with E-state index in [0.29, 0.717) is 4.47 Å². The molecule has 5 heteroatoms. The van der Waals surface area contributed by atoms with Gasteiger partial charge in [0.2, 0.25) is 0 Å². The van der Waals surface area contributed by atoms with Crippen LogP contribution in [0.2, 0.25) is 0 Å². The van der Waals surface area contributed by atoms with Gasteiger partial charge in [-0.3, -0.25) is 4.79 Å². The Hall–Kier alpha value is -0.940. The van der Waals surface area contributed by atoms with Crippen molar-refractivity contribution in [3.63, 3.8) is 0 Å². The van der Waals surface area contributed by atoms with E-state index >= 15 is 0 Å². The van der Waals surface area contributed by atoms with Crippen LogP contribution in [-0.2, 0) is 0 Å². The van der Waals surface area contributed by atoms with Crippen LogP contribution in [0.5, 0.6) is 0 Å². The highest BCUT2D eigenvalue weighted by molar-refractivity contribution is 9.10. The Morgan fingerprint density at radius 1 is 1.53 bits per heavy atom. The topological polar surface area (TPSA) is 49.3 Å². The molecule has 1 aromatic rings. The predicted octanol–water partition coefficient (Wildman–Crippen LogP) is 2.33. The number of hydrogen-bond acceptors (Lipinski definition) is 2. The molecule has 3 nitrogen and oxygen atoms in total. The van der Waals surface area contributed by atoms with Crippen LogP contribution in [0.3, 0.4) is 0 Å². The van der Waals surface area contributed by atoms with Crippen LogP contribution >= 0.6 is 15.9 Å². The number of halogens is 2. The Labute approximate surface area is 108 Å². The molecule has 0 fully saturated rings. The van der Waals surface area contributed by atoms with E-state index in [2.05, 4.69) is 21.2 Å². The van der Waals surface area contributed by atoms with Gasteiger partial charge in [0.1, 0.15) is 5.82 Å². The average Bonchev–Trinajstić information content (AvgIpc) is 2.28. The third-order valence-electron chi connectivity index (χ3n) is 2.49. The number of benzene rings is 1. The molecule has 1 unspecified atom stereocenters. The molecule has 0 aliphatic carbocycles. The molecule has 0 aliphatic heterocycles. The van der Waals surface area contributed by atoms with Gasteiger partial charge in [-0.2, -0.15) is 0 Å². The summed E-state index contributed by atoms with van der Waals surface area (Å²) in [6, 6.07) is 3.79. The minimum Gasteiger partial charge on any atom is -0.394 e. The quantitative estimate of drug-likeness (QED) is 0.897. The molecule has 0 aliphatic rings. The maximum atomic E-state index is 13.4. The molecule has 0 aromatic heterocycles. The van der Waals surface area contributed by atoms with Crippen molar-refractivity contribution in [3.05, 3.63) is 34.1 Å². The van der Waals surface area contributed by atoms with Gasteiger partial charge in [-0.05, 0) is 24.1 Å². The van der Waals surface area contributed by atoms with Crippen molar-refractivity contribution in [2.24, 2.45) is 5.92 Å². The van der Waals surface area contributed by atoms with Crippen LogP contribution < -0.4 is 5.32 Å².